The molecule has 0 spiro atoms. The summed E-state index contributed by atoms with van der Waals surface area (Å²) in [5, 5.41) is 0. The van der Waals surface area contributed by atoms with Crippen LogP contribution in [-0.2, 0) is 0 Å². The lowest BCUT2D eigenvalue weighted by atomic mass is 10.9. The summed E-state index contributed by atoms with van der Waals surface area (Å²) in [6, 6.07) is 0. The topological polar surface area (TPSA) is 90.7 Å². The van der Waals surface area contributed by atoms with Gasteiger partial charge in [-0.1, -0.05) is 0 Å². The molecule has 5 heteroatoms. The van der Waals surface area contributed by atoms with Crippen molar-refractivity contribution in [1.29, 1.82) is 0 Å². The van der Waals surface area contributed by atoms with E-state index in [4.69, 9.17) is 11.5 Å². The Labute approximate surface area is 53.2 Å². The molecule has 0 aliphatic carbocycles. The Morgan fingerprint density at radius 1 is 1.56 bits per heavy atom. The molecule has 0 fully saturated rings. The van der Waals surface area contributed by atoms with E-state index < -0.39 is 0 Å². The van der Waals surface area contributed by atoms with Gasteiger partial charge < -0.3 is 5.73 Å². The third-order valence-electron chi connectivity index (χ3n) is 0.645. The molecule has 0 bridgehead atoms. The minimum Gasteiger partial charge on any atom is -0.354 e. The standard InChI is InChI=1S/C4H9N5/c1-7-3(5)9-4(6)8-2/h1H2,2H3,(H4,5,6,8,9)/p+1. The summed E-state index contributed by atoms with van der Waals surface area (Å²) < 4.78 is 0. The van der Waals surface area contributed by atoms with Crippen LogP contribution in [0.2, 0.25) is 0 Å². The summed E-state index contributed by atoms with van der Waals surface area (Å²) >= 11 is 0. The summed E-state index contributed by atoms with van der Waals surface area (Å²) in [4.78, 5) is 9.45. The number of nitrogens with two attached hydrogens (primary N) is 2. The Morgan fingerprint density at radius 3 is 2.44 bits per heavy atom. The van der Waals surface area contributed by atoms with Gasteiger partial charge in [0.1, 0.15) is 0 Å². The van der Waals surface area contributed by atoms with Gasteiger partial charge in [0.2, 0.25) is 0 Å². The number of hydrogen-bond donors (Lipinski definition) is 3. The molecule has 0 radical (unpaired) electrons. The van der Waals surface area contributed by atoms with E-state index in [1.54, 1.807) is 0 Å². The minimum atomic E-state index is 0.128. The predicted octanol–water partition coefficient (Wildman–Crippen LogP) is -2.97. The second-order valence-electron chi connectivity index (χ2n) is 1.26. The Morgan fingerprint density at radius 2 is 2.11 bits per heavy atom. The summed E-state index contributed by atoms with van der Waals surface area (Å²) in [5.74, 6) is 0.279. The molecule has 0 rings (SSSR count). The SMILES string of the molecule is C=[NH+]C(N)=NC(N)=NC. The molecular weight excluding hydrogens is 118 g/mol. The fourth-order valence-electron chi connectivity index (χ4n) is 0.213. The van der Waals surface area contributed by atoms with Crippen LogP contribution in [0, 0.1) is 0 Å². The van der Waals surface area contributed by atoms with Crippen LogP contribution < -0.4 is 16.5 Å². The molecule has 0 aromatic heterocycles. The first-order chi connectivity index (χ1) is 4.20. The molecule has 0 aliphatic rings. The molecule has 0 unspecified atom stereocenters. The monoisotopic (exact) mass is 128 g/mol. The maximum Gasteiger partial charge on any atom is 0.389 e. The Balaban J connectivity index is 4.11. The van der Waals surface area contributed by atoms with Gasteiger partial charge in [-0.25, -0.2) is 4.99 Å². The molecule has 0 saturated heterocycles. The molecule has 0 aromatic carbocycles. The molecule has 5 N–H and O–H groups in total. The number of rotatable bonds is 0. The highest BCUT2D eigenvalue weighted by molar-refractivity contribution is 5.89. The van der Waals surface area contributed by atoms with Gasteiger partial charge in [-0.15, -0.1) is 0 Å². The average Bonchev–Trinajstić information content (AvgIpc) is 1.87. The van der Waals surface area contributed by atoms with E-state index >= 15 is 0 Å². The van der Waals surface area contributed by atoms with E-state index in [-0.39, 0.29) is 11.9 Å². The first-order valence-electron chi connectivity index (χ1n) is 2.30. The van der Waals surface area contributed by atoms with Crippen LogP contribution in [0.3, 0.4) is 0 Å². The van der Waals surface area contributed by atoms with Gasteiger partial charge in [-0.05, 0) is 4.99 Å². The number of aliphatic imine (C=N–C) groups is 2. The van der Waals surface area contributed by atoms with E-state index in [9.17, 15) is 0 Å². The zero-order chi connectivity index (χ0) is 7.28. The van der Waals surface area contributed by atoms with Crippen molar-refractivity contribution in [3.8, 4) is 0 Å². The van der Waals surface area contributed by atoms with E-state index in [2.05, 4.69) is 21.7 Å². The fraction of sp³-hybridized carbons (Fsp3) is 0.250. The second kappa shape index (κ2) is 3.59. The third kappa shape index (κ3) is 3.22. The highest BCUT2D eigenvalue weighted by atomic mass is 15.1. The van der Waals surface area contributed by atoms with Gasteiger partial charge in [-0.2, -0.15) is 0 Å². The van der Waals surface area contributed by atoms with Crippen LogP contribution in [0.5, 0.6) is 0 Å². The molecular formula is C4H10N5+. The number of nitrogens with one attached hydrogen (secondary N) is 1. The zero-order valence-electron chi connectivity index (χ0n) is 5.26. The summed E-state index contributed by atoms with van der Waals surface area (Å²) in [7, 11) is 1.52. The van der Waals surface area contributed by atoms with Gasteiger partial charge >= 0.3 is 5.96 Å². The van der Waals surface area contributed by atoms with Gasteiger partial charge in [0, 0.05) is 13.8 Å². The highest BCUT2D eigenvalue weighted by Gasteiger charge is 1.94. The molecule has 0 amide bonds. The Bertz CT molecular complexity index is 156. The molecule has 0 atom stereocenters. The third-order valence-corrected chi connectivity index (χ3v) is 0.645. The van der Waals surface area contributed by atoms with Crippen LogP contribution in [0.1, 0.15) is 0 Å². The molecule has 0 aliphatic heterocycles. The van der Waals surface area contributed by atoms with E-state index in [1.165, 1.54) is 7.05 Å². The van der Waals surface area contributed by atoms with E-state index in [0.29, 0.717) is 0 Å². The number of hydrogen-bond acceptors (Lipinski definition) is 1. The van der Waals surface area contributed by atoms with Crippen LogP contribution in [0.25, 0.3) is 0 Å². The predicted molar refractivity (Wildman–Crippen MR) is 37.3 cm³/mol. The van der Waals surface area contributed by atoms with Crippen LogP contribution >= 0.6 is 0 Å². The van der Waals surface area contributed by atoms with E-state index in [0.717, 1.165) is 0 Å². The van der Waals surface area contributed by atoms with Crippen LogP contribution in [0.4, 0.5) is 0 Å². The van der Waals surface area contributed by atoms with Gasteiger partial charge in [0.15, 0.2) is 0 Å². The smallest absolute Gasteiger partial charge is 0.354 e. The van der Waals surface area contributed by atoms with Crippen molar-refractivity contribution in [2.45, 2.75) is 0 Å². The molecule has 5 nitrogen and oxygen atoms in total. The Hall–Kier alpha value is -1.39. The van der Waals surface area contributed by atoms with Crippen molar-refractivity contribution >= 4 is 18.6 Å². The maximum absolute atomic E-state index is 5.16. The fourth-order valence-corrected chi connectivity index (χ4v) is 0.213. The van der Waals surface area contributed by atoms with Crippen molar-refractivity contribution < 1.29 is 4.99 Å². The first-order valence-corrected chi connectivity index (χ1v) is 2.30. The van der Waals surface area contributed by atoms with Crippen molar-refractivity contribution in [1.82, 2.24) is 0 Å². The molecule has 0 heterocycles. The number of nitrogens with zero attached hydrogens (tertiary/aromatic N) is 2. The molecule has 0 saturated carbocycles. The molecule has 9 heavy (non-hydrogen) atoms. The average molecular weight is 128 g/mol. The minimum absolute atomic E-state index is 0.128. The van der Waals surface area contributed by atoms with Crippen molar-refractivity contribution in [2.75, 3.05) is 7.05 Å². The lowest BCUT2D eigenvalue weighted by molar-refractivity contribution is -0.305. The first kappa shape index (κ1) is 7.61. The summed E-state index contributed by atoms with van der Waals surface area (Å²) in [6.07, 6.45) is 0. The molecule has 50 valence electrons. The zero-order valence-corrected chi connectivity index (χ0v) is 5.26. The van der Waals surface area contributed by atoms with Crippen molar-refractivity contribution in [3.63, 3.8) is 0 Å². The molecule has 0 aromatic rings. The van der Waals surface area contributed by atoms with Crippen molar-refractivity contribution in [2.24, 2.45) is 21.5 Å². The van der Waals surface area contributed by atoms with E-state index in [1.807, 2.05) is 0 Å². The maximum atomic E-state index is 5.16. The van der Waals surface area contributed by atoms with Crippen LogP contribution in [0.15, 0.2) is 9.98 Å². The summed E-state index contributed by atoms with van der Waals surface area (Å²) in [6.45, 7) is 3.26. The second-order valence-corrected chi connectivity index (χ2v) is 1.26. The van der Waals surface area contributed by atoms with Crippen molar-refractivity contribution in [3.05, 3.63) is 0 Å². The lowest BCUT2D eigenvalue weighted by Gasteiger charge is -1.80. The number of guanidine groups is 2. The van der Waals surface area contributed by atoms with Gasteiger partial charge in [0.05, 0.1) is 0 Å². The Kier molecular flexibility index (Phi) is 3.04. The summed E-state index contributed by atoms with van der Waals surface area (Å²) in [5.41, 5.74) is 10.3. The van der Waals surface area contributed by atoms with Crippen LogP contribution in [-0.4, -0.2) is 25.7 Å². The highest BCUT2D eigenvalue weighted by Crippen LogP contribution is 1.63. The quantitative estimate of drug-likeness (QED) is 0.240. The van der Waals surface area contributed by atoms with Gasteiger partial charge in [0.25, 0.3) is 5.96 Å². The normalized spacial score (nSPS) is 13.4. The van der Waals surface area contributed by atoms with Gasteiger partial charge in [-0.3, -0.25) is 10.7 Å². The lowest BCUT2D eigenvalue weighted by Crippen LogP contribution is -2.75. The largest absolute Gasteiger partial charge is 0.389 e.